The summed E-state index contributed by atoms with van der Waals surface area (Å²) in [5, 5.41) is 3.05. The van der Waals surface area contributed by atoms with Gasteiger partial charge in [0.25, 0.3) is 0 Å². The molecule has 2 rings (SSSR count). The zero-order valence-corrected chi connectivity index (χ0v) is 22.9. The van der Waals surface area contributed by atoms with Crippen LogP contribution in [0.2, 0.25) is 5.02 Å². The molecular weight excluding hydrogens is 506 g/mol. The molecule has 0 bridgehead atoms. The third kappa shape index (κ3) is 7.76. The van der Waals surface area contributed by atoms with E-state index in [1.54, 1.807) is 31.4 Å². The minimum atomic E-state index is -3.86. The number of benzene rings is 2. The summed E-state index contributed by atoms with van der Waals surface area (Å²) in [7, 11) is -0.857. The fourth-order valence-corrected chi connectivity index (χ4v) is 4.73. The van der Waals surface area contributed by atoms with Gasteiger partial charge in [0.15, 0.2) is 0 Å². The van der Waals surface area contributed by atoms with Crippen LogP contribution in [0.3, 0.4) is 0 Å². The van der Waals surface area contributed by atoms with Crippen LogP contribution in [0.25, 0.3) is 0 Å². The van der Waals surface area contributed by atoms with Gasteiger partial charge in [-0.2, -0.15) is 0 Å². The Morgan fingerprint density at radius 3 is 2.22 bits per heavy atom. The second-order valence-corrected chi connectivity index (χ2v) is 10.5. The summed E-state index contributed by atoms with van der Waals surface area (Å²) < 4.78 is 36.7. The third-order valence-electron chi connectivity index (χ3n) is 5.55. The van der Waals surface area contributed by atoms with Crippen molar-refractivity contribution in [1.82, 2.24) is 10.2 Å². The molecule has 0 spiro atoms. The molecule has 1 N–H and O–H groups in total. The molecule has 0 fully saturated rings. The van der Waals surface area contributed by atoms with Gasteiger partial charge in [-0.3, -0.25) is 13.9 Å². The molecule has 0 aliphatic rings. The molecule has 2 amide bonds. The number of hydrogen-bond donors (Lipinski definition) is 1. The zero-order valence-electron chi connectivity index (χ0n) is 21.3. The monoisotopic (exact) mass is 539 g/mol. The summed E-state index contributed by atoms with van der Waals surface area (Å²) in [5.41, 5.74) is 0.980. The molecule has 11 heteroatoms. The first-order valence-electron chi connectivity index (χ1n) is 11.6. The van der Waals surface area contributed by atoms with Crippen LogP contribution in [0.1, 0.15) is 32.3 Å². The van der Waals surface area contributed by atoms with E-state index in [0.29, 0.717) is 24.5 Å². The maximum Gasteiger partial charge on any atom is 0.244 e. The van der Waals surface area contributed by atoms with Gasteiger partial charge >= 0.3 is 0 Å². The number of carbonyl (C=O) groups excluding carboxylic acids is 2. The molecule has 2 aromatic rings. The van der Waals surface area contributed by atoms with Gasteiger partial charge in [-0.15, -0.1) is 0 Å². The summed E-state index contributed by atoms with van der Waals surface area (Å²) in [6.45, 7) is 3.82. The number of nitrogens with zero attached hydrogens (tertiary/aromatic N) is 2. The molecule has 0 aliphatic carbocycles. The summed E-state index contributed by atoms with van der Waals surface area (Å²) in [4.78, 5) is 28.0. The zero-order chi connectivity index (χ0) is 26.9. The summed E-state index contributed by atoms with van der Waals surface area (Å²) in [6, 6.07) is 10.8. The lowest BCUT2D eigenvalue weighted by atomic mass is 10.1. The second-order valence-electron chi connectivity index (χ2n) is 8.17. The molecule has 1 atom stereocenters. The van der Waals surface area contributed by atoms with Gasteiger partial charge in [-0.25, -0.2) is 8.42 Å². The molecule has 198 valence electrons. The summed E-state index contributed by atoms with van der Waals surface area (Å²) >= 11 is 6.21. The Bertz CT molecular complexity index is 1140. The Morgan fingerprint density at radius 1 is 1.06 bits per heavy atom. The number of ether oxygens (including phenoxy) is 2. The highest BCUT2D eigenvalue weighted by atomic mass is 35.5. The third-order valence-corrected chi connectivity index (χ3v) is 6.99. The molecule has 1 unspecified atom stereocenters. The average molecular weight is 540 g/mol. The lowest BCUT2D eigenvalue weighted by Gasteiger charge is -2.33. The van der Waals surface area contributed by atoms with Crippen LogP contribution in [0.4, 0.5) is 5.69 Å². The van der Waals surface area contributed by atoms with E-state index in [-0.39, 0.29) is 23.2 Å². The Morgan fingerprint density at radius 2 is 1.72 bits per heavy atom. The molecule has 0 saturated heterocycles. The van der Waals surface area contributed by atoms with Crippen molar-refractivity contribution in [3.8, 4) is 11.5 Å². The van der Waals surface area contributed by atoms with Crippen molar-refractivity contribution in [2.45, 2.75) is 39.3 Å². The minimum Gasteiger partial charge on any atom is -0.497 e. The number of halogens is 1. The Kier molecular flexibility index (Phi) is 10.9. The van der Waals surface area contributed by atoms with E-state index >= 15 is 0 Å². The molecule has 0 saturated carbocycles. The molecule has 36 heavy (non-hydrogen) atoms. The van der Waals surface area contributed by atoms with Crippen LogP contribution in [0.15, 0.2) is 42.5 Å². The number of carbonyl (C=O) groups is 2. The van der Waals surface area contributed by atoms with Crippen molar-refractivity contribution in [2.24, 2.45) is 0 Å². The van der Waals surface area contributed by atoms with E-state index in [1.807, 2.05) is 13.8 Å². The van der Waals surface area contributed by atoms with Gasteiger partial charge in [0.1, 0.15) is 24.1 Å². The number of sulfonamides is 1. The molecule has 0 heterocycles. The lowest BCUT2D eigenvalue weighted by Crippen LogP contribution is -2.52. The maximum atomic E-state index is 13.6. The van der Waals surface area contributed by atoms with E-state index in [9.17, 15) is 18.0 Å². The van der Waals surface area contributed by atoms with Gasteiger partial charge in [0, 0.05) is 13.1 Å². The molecule has 0 radical (unpaired) electrons. The molecule has 9 nitrogen and oxygen atoms in total. The van der Waals surface area contributed by atoms with Crippen LogP contribution in [-0.4, -0.2) is 64.7 Å². The van der Waals surface area contributed by atoms with Crippen LogP contribution in [0, 0.1) is 0 Å². The highest BCUT2D eigenvalue weighted by molar-refractivity contribution is 7.92. The molecular formula is C25H34ClN3O6S. The van der Waals surface area contributed by atoms with Gasteiger partial charge in [-0.1, -0.05) is 37.6 Å². The van der Waals surface area contributed by atoms with Crippen LogP contribution in [-0.2, 0) is 26.2 Å². The van der Waals surface area contributed by atoms with Gasteiger partial charge in [0.2, 0.25) is 21.8 Å². The van der Waals surface area contributed by atoms with E-state index in [1.165, 1.54) is 30.2 Å². The van der Waals surface area contributed by atoms with E-state index in [0.717, 1.165) is 22.5 Å². The fourth-order valence-electron chi connectivity index (χ4n) is 3.64. The first kappa shape index (κ1) is 29.3. The van der Waals surface area contributed by atoms with E-state index in [4.69, 9.17) is 21.1 Å². The fraction of sp³-hybridized carbons (Fsp3) is 0.440. The molecule has 2 aromatic carbocycles. The number of hydrogen-bond acceptors (Lipinski definition) is 6. The first-order chi connectivity index (χ1) is 17.0. The standard InChI is InChI=1S/C25H34ClN3O6S/c1-6-14-27-25(31)22(7-2)28(16-18-8-11-20(34-3)12-9-18)24(30)17-29(36(5,32)33)19-10-13-23(35-4)21(26)15-19/h8-13,15,22H,6-7,14,16-17H2,1-5H3,(H,27,31). The maximum absolute atomic E-state index is 13.6. The normalized spacial score (nSPS) is 11.9. The highest BCUT2D eigenvalue weighted by Crippen LogP contribution is 2.30. The lowest BCUT2D eigenvalue weighted by molar-refractivity contribution is -0.140. The van der Waals surface area contributed by atoms with Crippen LogP contribution in [0.5, 0.6) is 11.5 Å². The molecule has 0 aliphatic heterocycles. The predicted molar refractivity (Wildman–Crippen MR) is 141 cm³/mol. The Hall–Kier alpha value is -2.98. The topological polar surface area (TPSA) is 105 Å². The summed E-state index contributed by atoms with van der Waals surface area (Å²) in [6.07, 6.45) is 2.11. The number of amides is 2. The number of anilines is 1. The average Bonchev–Trinajstić information content (AvgIpc) is 2.85. The van der Waals surface area contributed by atoms with Gasteiger partial charge in [-0.05, 0) is 48.7 Å². The Labute approximate surface area is 218 Å². The second kappa shape index (κ2) is 13.4. The number of methoxy groups -OCH3 is 2. The van der Waals surface area contributed by atoms with Gasteiger partial charge < -0.3 is 19.7 Å². The quantitative estimate of drug-likeness (QED) is 0.418. The SMILES string of the molecule is CCCNC(=O)C(CC)N(Cc1ccc(OC)cc1)C(=O)CN(c1ccc(OC)c(Cl)c1)S(C)(=O)=O. The van der Waals surface area contributed by atoms with E-state index < -0.39 is 28.5 Å². The van der Waals surface area contributed by atoms with Crippen molar-refractivity contribution in [3.63, 3.8) is 0 Å². The van der Waals surface area contributed by atoms with Crippen LogP contribution >= 0.6 is 11.6 Å². The smallest absolute Gasteiger partial charge is 0.244 e. The minimum absolute atomic E-state index is 0.113. The van der Waals surface area contributed by atoms with E-state index in [2.05, 4.69) is 5.32 Å². The largest absolute Gasteiger partial charge is 0.497 e. The van der Waals surface area contributed by atoms with Crippen molar-refractivity contribution in [3.05, 3.63) is 53.1 Å². The van der Waals surface area contributed by atoms with Crippen molar-refractivity contribution in [2.75, 3.05) is 37.9 Å². The molecule has 0 aromatic heterocycles. The Balaban J connectivity index is 2.44. The predicted octanol–water partition coefficient (Wildman–Crippen LogP) is 3.46. The van der Waals surface area contributed by atoms with Gasteiger partial charge in [0.05, 0.1) is 31.2 Å². The first-order valence-corrected chi connectivity index (χ1v) is 13.8. The summed E-state index contributed by atoms with van der Waals surface area (Å²) in [5.74, 6) is 0.213. The van der Waals surface area contributed by atoms with Crippen LogP contribution < -0.4 is 19.1 Å². The van der Waals surface area contributed by atoms with Crippen molar-refractivity contribution in [1.29, 1.82) is 0 Å². The highest BCUT2D eigenvalue weighted by Gasteiger charge is 2.31. The van der Waals surface area contributed by atoms with Crippen molar-refractivity contribution < 1.29 is 27.5 Å². The number of nitrogens with one attached hydrogen (secondary N) is 1. The number of rotatable bonds is 13. The van der Waals surface area contributed by atoms with Crippen molar-refractivity contribution >= 4 is 39.1 Å².